The van der Waals surface area contributed by atoms with E-state index in [0.717, 1.165) is 30.5 Å². The molecule has 0 aliphatic heterocycles. The van der Waals surface area contributed by atoms with Crippen molar-refractivity contribution in [3.8, 4) is 17.4 Å². The summed E-state index contributed by atoms with van der Waals surface area (Å²) in [7, 11) is 1.60. The molecule has 0 bridgehead atoms. The van der Waals surface area contributed by atoms with Gasteiger partial charge in [-0.25, -0.2) is 9.97 Å². The van der Waals surface area contributed by atoms with Crippen LogP contribution in [0.1, 0.15) is 24.1 Å². The van der Waals surface area contributed by atoms with Gasteiger partial charge in [0.25, 0.3) is 0 Å². The SMILES string of the molecule is COc1ccc(N)cc1Oc1ncnc2c1CCCC2. The number of benzene rings is 1. The average Bonchev–Trinajstić information content (AvgIpc) is 2.48. The van der Waals surface area contributed by atoms with Gasteiger partial charge in [0.15, 0.2) is 11.5 Å². The number of nitrogens with two attached hydrogens (primary N) is 1. The highest BCUT2D eigenvalue weighted by molar-refractivity contribution is 5.53. The van der Waals surface area contributed by atoms with E-state index in [1.807, 2.05) is 0 Å². The van der Waals surface area contributed by atoms with Gasteiger partial charge in [-0.3, -0.25) is 0 Å². The lowest BCUT2D eigenvalue weighted by molar-refractivity contribution is 0.371. The Morgan fingerprint density at radius 3 is 2.80 bits per heavy atom. The van der Waals surface area contributed by atoms with Gasteiger partial charge in [0, 0.05) is 17.3 Å². The fraction of sp³-hybridized carbons (Fsp3) is 0.333. The van der Waals surface area contributed by atoms with E-state index >= 15 is 0 Å². The van der Waals surface area contributed by atoms with Gasteiger partial charge in [-0.15, -0.1) is 0 Å². The Labute approximate surface area is 117 Å². The minimum atomic E-state index is 0.582. The van der Waals surface area contributed by atoms with Gasteiger partial charge >= 0.3 is 0 Å². The standard InChI is InChI=1S/C15H17N3O2/c1-19-13-7-6-10(16)8-14(13)20-15-11-4-2-3-5-12(11)17-9-18-15/h6-9H,2-5,16H2,1H3. The molecule has 2 N–H and O–H groups in total. The third-order valence-corrected chi connectivity index (χ3v) is 3.48. The highest BCUT2D eigenvalue weighted by atomic mass is 16.5. The number of aromatic nitrogens is 2. The summed E-state index contributed by atoms with van der Waals surface area (Å²) in [5, 5.41) is 0. The number of fused-ring (bicyclic) bond motifs is 1. The maximum Gasteiger partial charge on any atom is 0.225 e. The predicted octanol–water partition coefficient (Wildman–Crippen LogP) is 2.74. The molecule has 0 unspecified atom stereocenters. The summed E-state index contributed by atoms with van der Waals surface area (Å²) in [5.74, 6) is 1.83. The van der Waals surface area contributed by atoms with E-state index in [4.69, 9.17) is 15.2 Å². The van der Waals surface area contributed by atoms with E-state index < -0.39 is 0 Å². The summed E-state index contributed by atoms with van der Waals surface area (Å²) in [6.07, 6.45) is 5.81. The average molecular weight is 271 g/mol. The molecule has 0 atom stereocenters. The second kappa shape index (κ2) is 5.36. The highest BCUT2D eigenvalue weighted by Gasteiger charge is 2.18. The monoisotopic (exact) mass is 271 g/mol. The minimum Gasteiger partial charge on any atom is -0.493 e. The lowest BCUT2D eigenvalue weighted by Crippen LogP contribution is -2.08. The predicted molar refractivity (Wildman–Crippen MR) is 76.2 cm³/mol. The molecule has 0 fully saturated rings. The molecule has 2 aromatic rings. The number of nitrogen functional groups attached to an aromatic ring is 1. The first-order chi connectivity index (χ1) is 9.78. The van der Waals surface area contributed by atoms with E-state index in [1.54, 1.807) is 31.6 Å². The number of hydrogen-bond acceptors (Lipinski definition) is 5. The number of aryl methyl sites for hydroxylation is 1. The molecular weight excluding hydrogens is 254 g/mol. The number of ether oxygens (including phenoxy) is 2. The fourth-order valence-corrected chi connectivity index (χ4v) is 2.46. The topological polar surface area (TPSA) is 70.3 Å². The maximum atomic E-state index is 5.92. The van der Waals surface area contributed by atoms with E-state index in [0.29, 0.717) is 23.1 Å². The van der Waals surface area contributed by atoms with Crippen molar-refractivity contribution in [1.82, 2.24) is 9.97 Å². The first-order valence-corrected chi connectivity index (χ1v) is 6.72. The molecular formula is C15H17N3O2. The molecule has 0 saturated carbocycles. The van der Waals surface area contributed by atoms with Crippen molar-refractivity contribution in [2.75, 3.05) is 12.8 Å². The first kappa shape index (κ1) is 12.7. The number of methoxy groups -OCH3 is 1. The van der Waals surface area contributed by atoms with Gasteiger partial charge < -0.3 is 15.2 Å². The number of rotatable bonds is 3. The summed E-state index contributed by atoms with van der Waals surface area (Å²) in [6.45, 7) is 0. The fourth-order valence-electron chi connectivity index (χ4n) is 2.46. The van der Waals surface area contributed by atoms with Gasteiger partial charge in [-0.1, -0.05) is 0 Å². The van der Waals surface area contributed by atoms with Crippen LogP contribution in [0.5, 0.6) is 17.4 Å². The Morgan fingerprint density at radius 1 is 1.10 bits per heavy atom. The third-order valence-electron chi connectivity index (χ3n) is 3.48. The molecule has 1 aliphatic carbocycles. The van der Waals surface area contributed by atoms with Crippen molar-refractivity contribution in [3.63, 3.8) is 0 Å². The molecule has 20 heavy (non-hydrogen) atoms. The van der Waals surface area contributed by atoms with Gasteiger partial charge in [0.2, 0.25) is 5.88 Å². The van der Waals surface area contributed by atoms with Gasteiger partial charge in [0.05, 0.1) is 12.8 Å². The van der Waals surface area contributed by atoms with Crippen LogP contribution < -0.4 is 15.2 Å². The zero-order valence-corrected chi connectivity index (χ0v) is 11.4. The lowest BCUT2D eigenvalue weighted by atomic mass is 9.97. The van der Waals surface area contributed by atoms with Crippen molar-refractivity contribution < 1.29 is 9.47 Å². The van der Waals surface area contributed by atoms with Crippen LogP contribution >= 0.6 is 0 Å². The highest BCUT2D eigenvalue weighted by Crippen LogP contribution is 2.35. The smallest absolute Gasteiger partial charge is 0.225 e. The zero-order chi connectivity index (χ0) is 13.9. The summed E-state index contributed by atoms with van der Waals surface area (Å²) in [5.41, 5.74) is 8.62. The molecule has 5 heteroatoms. The van der Waals surface area contributed by atoms with Crippen LogP contribution in [0.3, 0.4) is 0 Å². The molecule has 0 spiro atoms. The molecule has 1 aromatic heterocycles. The van der Waals surface area contributed by atoms with Crippen LogP contribution in [0, 0.1) is 0 Å². The quantitative estimate of drug-likeness (QED) is 0.869. The molecule has 1 aromatic carbocycles. The minimum absolute atomic E-state index is 0.582. The third kappa shape index (κ3) is 2.39. The molecule has 1 heterocycles. The Bertz CT molecular complexity index is 629. The largest absolute Gasteiger partial charge is 0.493 e. The summed E-state index contributed by atoms with van der Waals surface area (Å²) in [6, 6.07) is 5.32. The zero-order valence-electron chi connectivity index (χ0n) is 11.4. The van der Waals surface area contributed by atoms with E-state index in [1.165, 1.54) is 6.42 Å². The Balaban J connectivity index is 1.97. The molecule has 0 amide bonds. The van der Waals surface area contributed by atoms with Crippen LogP contribution in [0.2, 0.25) is 0 Å². The molecule has 0 radical (unpaired) electrons. The summed E-state index contributed by atoms with van der Waals surface area (Å²) in [4.78, 5) is 8.60. The van der Waals surface area contributed by atoms with Crippen LogP contribution in [0.4, 0.5) is 5.69 Å². The Kier molecular flexibility index (Phi) is 3.41. The van der Waals surface area contributed by atoms with Crippen LogP contribution in [-0.4, -0.2) is 17.1 Å². The van der Waals surface area contributed by atoms with Gasteiger partial charge in [0.1, 0.15) is 6.33 Å². The van der Waals surface area contributed by atoms with Crippen molar-refractivity contribution in [3.05, 3.63) is 35.8 Å². The van der Waals surface area contributed by atoms with Crippen molar-refractivity contribution in [1.29, 1.82) is 0 Å². The van der Waals surface area contributed by atoms with Crippen LogP contribution in [0.15, 0.2) is 24.5 Å². The second-order valence-electron chi connectivity index (χ2n) is 4.82. The Hall–Kier alpha value is -2.30. The Morgan fingerprint density at radius 2 is 1.95 bits per heavy atom. The van der Waals surface area contributed by atoms with E-state index in [9.17, 15) is 0 Å². The van der Waals surface area contributed by atoms with Crippen molar-refractivity contribution >= 4 is 5.69 Å². The summed E-state index contributed by atoms with van der Waals surface area (Å²) < 4.78 is 11.2. The van der Waals surface area contributed by atoms with Crippen molar-refractivity contribution in [2.45, 2.75) is 25.7 Å². The van der Waals surface area contributed by atoms with Crippen LogP contribution in [-0.2, 0) is 12.8 Å². The maximum absolute atomic E-state index is 5.92. The van der Waals surface area contributed by atoms with Crippen LogP contribution in [0.25, 0.3) is 0 Å². The normalized spacial score (nSPS) is 13.7. The summed E-state index contributed by atoms with van der Waals surface area (Å²) >= 11 is 0. The molecule has 104 valence electrons. The van der Waals surface area contributed by atoms with Crippen molar-refractivity contribution in [2.24, 2.45) is 0 Å². The van der Waals surface area contributed by atoms with Gasteiger partial charge in [-0.2, -0.15) is 0 Å². The van der Waals surface area contributed by atoms with E-state index in [2.05, 4.69) is 9.97 Å². The second-order valence-corrected chi connectivity index (χ2v) is 4.82. The molecule has 0 saturated heterocycles. The van der Waals surface area contributed by atoms with E-state index in [-0.39, 0.29) is 0 Å². The molecule has 5 nitrogen and oxygen atoms in total. The molecule has 1 aliphatic rings. The number of anilines is 1. The number of hydrogen-bond donors (Lipinski definition) is 1. The molecule has 3 rings (SSSR count). The van der Waals surface area contributed by atoms with Gasteiger partial charge in [-0.05, 0) is 37.8 Å². The lowest BCUT2D eigenvalue weighted by Gasteiger charge is -2.18. The first-order valence-electron chi connectivity index (χ1n) is 6.72. The number of nitrogens with zero attached hydrogens (tertiary/aromatic N) is 2.